The number of urea groups is 1. The molecular formula is C25H26N6O2. The summed E-state index contributed by atoms with van der Waals surface area (Å²) >= 11 is 0. The van der Waals surface area contributed by atoms with Crippen molar-refractivity contribution < 1.29 is 9.53 Å². The molecular weight excluding hydrogens is 416 g/mol. The predicted molar refractivity (Wildman–Crippen MR) is 128 cm³/mol. The molecule has 0 aliphatic carbocycles. The quantitative estimate of drug-likeness (QED) is 0.417. The van der Waals surface area contributed by atoms with E-state index in [0.717, 1.165) is 33.8 Å². The van der Waals surface area contributed by atoms with Crippen molar-refractivity contribution in [1.29, 1.82) is 0 Å². The second-order valence-corrected chi connectivity index (χ2v) is 7.89. The lowest BCUT2D eigenvalue weighted by molar-refractivity contribution is 0.262. The van der Waals surface area contributed by atoms with E-state index in [1.807, 2.05) is 58.9 Å². The Bertz CT molecular complexity index is 1290. The van der Waals surface area contributed by atoms with Crippen LogP contribution in [-0.4, -0.2) is 26.0 Å². The van der Waals surface area contributed by atoms with Crippen LogP contribution in [0.2, 0.25) is 0 Å². The van der Waals surface area contributed by atoms with Crippen molar-refractivity contribution in [3.63, 3.8) is 0 Å². The third kappa shape index (κ3) is 4.85. The number of rotatable bonds is 5. The van der Waals surface area contributed by atoms with Gasteiger partial charge in [0.1, 0.15) is 5.75 Å². The second-order valence-electron chi connectivity index (χ2n) is 7.89. The lowest BCUT2D eigenvalue weighted by Crippen LogP contribution is -2.20. The minimum Gasteiger partial charge on any atom is -0.438 e. The van der Waals surface area contributed by atoms with E-state index in [9.17, 15) is 4.79 Å². The molecule has 2 heterocycles. The van der Waals surface area contributed by atoms with Gasteiger partial charge in [0.2, 0.25) is 5.88 Å². The molecule has 0 radical (unpaired) electrons. The molecule has 33 heavy (non-hydrogen) atoms. The molecule has 4 rings (SSSR count). The Morgan fingerprint density at radius 3 is 2.24 bits per heavy atom. The fourth-order valence-corrected chi connectivity index (χ4v) is 3.32. The number of aromatic nitrogens is 4. The van der Waals surface area contributed by atoms with Gasteiger partial charge in [-0.1, -0.05) is 12.1 Å². The maximum atomic E-state index is 12.3. The maximum absolute atomic E-state index is 12.3. The van der Waals surface area contributed by atoms with Crippen LogP contribution in [0.3, 0.4) is 0 Å². The van der Waals surface area contributed by atoms with E-state index in [2.05, 4.69) is 25.9 Å². The number of hydrogen-bond donors (Lipinski definition) is 2. The van der Waals surface area contributed by atoms with Crippen LogP contribution in [0, 0.1) is 34.6 Å². The number of ether oxygens (including phenoxy) is 1. The van der Waals surface area contributed by atoms with Crippen molar-refractivity contribution in [2.45, 2.75) is 34.6 Å². The van der Waals surface area contributed by atoms with Crippen LogP contribution in [0.15, 0.2) is 54.6 Å². The number of aryl methyl sites for hydroxylation is 2. The highest BCUT2D eigenvalue weighted by Gasteiger charge is 2.11. The summed E-state index contributed by atoms with van der Waals surface area (Å²) in [5, 5.41) is 18.6. The standard InChI is InChI=1S/C25H26N6O2/c1-15-7-6-8-22(16(15)2)27-25(32)26-20-9-11-21(12-10-20)33-24-14-13-23(28-29-24)31-19(5)17(3)18(4)30-31/h6-14H,1-5H3,(H2,26,27,32). The number of amides is 2. The molecule has 168 valence electrons. The summed E-state index contributed by atoms with van der Waals surface area (Å²) in [5.41, 5.74) is 6.71. The van der Waals surface area contributed by atoms with E-state index < -0.39 is 0 Å². The predicted octanol–water partition coefficient (Wildman–Crippen LogP) is 5.64. The summed E-state index contributed by atoms with van der Waals surface area (Å²) in [5.74, 6) is 1.58. The molecule has 0 atom stereocenters. The van der Waals surface area contributed by atoms with Gasteiger partial charge in [0, 0.05) is 23.1 Å². The minimum atomic E-state index is -0.307. The number of benzene rings is 2. The second kappa shape index (κ2) is 9.12. The summed E-state index contributed by atoms with van der Waals surface area (Å²) in [6, 6.07) is 16.1. The summed E-state index contributed by atoms with van der Waals surface area (Å²) in [7, 11) is 0. The van der Waals surface area contributed by atoms with Crippen molar-refractivity contribution in [2.24, 2.45) is 0 Å². The molecule has 0 bridgehead atoms. The topological polar surface area (TPSA) is 94.0 Å². The Morgan fingerprint density at radius 1 is 0.848 bits per heavy atom. The Hall–Kier alpha value is -4.20. The van der Waals surface area contributed by atoms with Crippen LogP contribution >= 0.6 is 0 Å². The van der Waals surface area contributed by atoms with Crippen molar-refractivity contribution in [2.75, 3.05) is 10.6 Å². The fraction of sp³-hybridized carbons (Fsp3) is 0.200. The lowest BCUT2D eigenvalue weighted by Gasteiger charge is -2.12. The number of anilines is 2. The zero-order valence-electron chi connectivity index (χ0n) is 19.3. The highest BCUT2D eigenvalue weighted by molar-refractivity contribution is 6.00. The number of carbonyl (C=O) groups excluding carboxylic acids is 1. The Kier molecular flexibility index (Phi) is 6.08. The first-order valence-electron chi connectivity index (χ1n) is 10.6. The van der Waals surface area contributed by atoms with E-state index in [4.69, 9.17) is 4.74 Å². The van der Waals surface area contributed by atoms with Gasteiger partial charge in [-0.25, -0.2) is 9.48 Å². The first-order chi connectivity index (χ1) is 15.8. The van der Waals surface area contributed by atoms with Gasteiger partial charge in [0.25, 0.3) is 0 Å². The summed E-state index contributed by atoms with van der Waals surface area (Å²) < 4.78 is 7.55. The molecule has 0 aliphatic heterocycles. The van der Waals surface area contributed by atoms with E-state index >= 15 is 0 Å². The summed E-state index contributed by atoms with van der Waals surface area (Å²) in [4.78, 5) is 12.3. The molecule has 0 saturated heterocycles. The molecule has 0 saturated carbocycles. The van der Waals surface area contributed by atoms with E-state index in [0.29, 0.717) is 23.1 Å². The summed E-state index contributed by atoms with van der Waals surface area (Å²) in [6.07, 6.45) is 0. The van der Waals surface area contributed by atoms with Gasteiger partial charge in [-0.15, -0.1) is 10.2 Å². The first-order valence-corrected chi connectivity index (χ1v) is 10.6. The summed E-state index contributed by atoms with van der Waals surface area (Å²) in [6.45, 7) is 9.99. The number of carbonyl (C=O) groups is 1. The zero-order chi connectivity index (χ0) is 23.5. The molecule has 4 aromatic rings. The lowest BCUT2D eigenvalue weighted by atomic mass is 10.1. The highest BCUT2D eigenvalue weighted by Crippen LogP contribution is 2.23. The average molecular weight is 443 g/mol. The van der Waals surface area contributed by atoms with Crippen LogP contribution in [-0.2, 0) is 0 Å². The Morgan fingerprint density at radius 2 is 1.61 bits per heavy atom. The molecule has 0 fully saturated rings. The van der Waals surface area contributed by atoms with Gasteiger partial charge in [-0.2, -0.15) is 5.10 Å². The molecule has 2 aromatic carbocycles. The van der Waals surface area contributed by atoms with Crippen molar-refractivity contribution in [1.82, 2.24) is 20.0 Å². The number of nitrogens with one attached hydrogen (secondary N) is 2. The van der Waals surface area contributed by atoms with E-state index in [1.165, 1.54) is 0 Å². The van der Waals surface area contributed by atoms with Gasteiger partial charge in [0.15, 0.2) is 5.82 Å². The van der Waals surface area contributed by atoms with Gasteiger partial charge >= 0.3 is 6.03 Å². The fourth-order valence-electron chi connectivity index (χ4n) is 3.32. The Balaban J connectivity index is 1.38. The number of hydrogen-bond acceptors (Lipinski definition) is 5. The molecule has 8 nitrogen and oxygen atoms in total. The molecule has 0 spiro atoms. The van der Waals surface area contributed by atoms with Crippen LogP contribution in [0.4, 0.5) is 16.2 Å². The monoisotopic (exact) mass is 442 g/mol. The molecule has 2 aromatic heterocycles. The van der Waals surface area contributed by atoms with Crippen LogP contribution in [0.1, 0.15) is 28.1 Å². The largest absolute Gasteiger partial charge is 0.438 e. The number of nitrogens with zero attached hydrogens (tertiary/aromatic N) is 4. The van der Waals surface area contributed by atoms with Crippen LogP contribution in [0.5, 0.6) is 11.6 Å². The van der Waals surface area contributed by atoms with Crippen molar-refractivity contribution in [3.05, 3.63) is 82.7 Å². The van der Waals surface area contributed by atoms with Gasteiger partial charge in [0.05, 0.1) is 5.69 Å². The third-order valence-corrected chi connectivity index (χ3v) is 5.68. The van der Waals surface area contributed by atoms with Crippen LogP contribution < -0.4 is 15.4 Å². The van der Waals surface area contributed by atoms with E-state index in [1.54, 1.807) is 35.0 Å². The van der Waals surface area contributed by atoms with Gasteiger partial charge < -0.3 is 15.4 Å². The highest BCUT2D eigenvalue weighted by atomic mass is 16.5. The van der Waals surface area contributed by atoms with Crippen molar-refractivity contribution >= 4 is 17.4 Å². The first kappa shape index (κ1) is 22.0. The maximum Gasteiger partial charge on any atom is 0.323 e. The smallest absolute Gasteiger partial charge is 0.323 e. The molecule has 8 heteroatoms. The molecule has 0 aliphatic rings. The SMILES string of the molecule is Cc1cccc(NC(=O)Nc2ccc(Oc3ccc(-n4nc(C)c(C)c4C)nn3)cc2)c1C. The van der Waals surface area contributed by atoms with Crippen molar-refractivity contribution in [3.8, 4) is 17.4 Å². The van der Waals surface area contributed by atoms with Crippen LogP contribution in [0.25, 0.3) is 5.82 Å². The normalized spacial score (nSPS) is 10.7. The Labute approximate surface area is 192 Å². The van der Waals surface area contributed by atoms with Gasteiger partial charge in [-0.3, -0.25) is 0 Å². The molecule has 2 amide bonds. The van der Waals surface area contributed by atoms with Gasteiger partial charge in [-0.05, 0) is 87.7 Å². The minimum absolute atomic E-state index is 0.307. The van der Waals surface area contributed by atoms with E-state index in [-0.39, 0.29) is 6.03 Å². The third-order valence-electron chi connectivity index (χ3n) is 5.68. The molecule has 2 N–H and O–H groups in total. The molecule has 0 unspecified atom stereocenters. The zero-order valence-corrected chi connectivity index (χ0v) is 19.3. The average Bonchev–Trinajstić information content (AvgIpc) is 3.06.